The maximum Gasteiger partial charge on any atom is 0.341 e. The Morgan fingerprint density at radius 3 is 2.38 bits per heavy atom. The fourth-order valence-corrected chi connectivity index (χ4v) is 1.56. The van der Waals surface area contributed by atoms with Crippen LogP contribution in [0.4, 0.5) is 0 Å². The number of ketones is 1. The zero-order valence-electron chi connectivity index (χ0n) is 12.0. The van der Waals surface area contributed by atoms with Gasteiger partial charge in [-0.25, -0.2) is 4.79 Å². The monoisotopic (exact) mass is 292 g/mol. The van der Waals surface area contributed by atoms with Gasteiger partial charge in [0, 0.05) is 0 Å². The zero-order chi connectivity index (χ0) is 15.8. The Morgan fingerprint density at radius 2 is 1.81 bits per heavy atom. The molecule has 0 N–H and O–H groups in total. The number of rotatable bonds is 6. The summed E-state index contributed by atoms with van der Waals surface area (Å²) in [4.78, 5) is 34.8. The van der Waals surface area contributed by atoms with Crippen molar-refractivity contribution in [2.45, 2.75) is 6.42 Å². The molecule has 0 aromatic heterocycles. The molecule has 21 heavy (non-hydrogen) atoms. The van der Waals surface area contributed by atoms with Gasteiger partial charge in [-0.2, -0.15) is 0 Å². The van der Waals surface area contributed by atoms with E-state index in [2.05, 4.69) is 9.47 Å². The summed E-state index contributed by atoms with van der Waals surface area (Å²) in [7, 11) is 3.83. The molecule has 0 radical (unpaired) electrons. The molecule has 0 saturated heterocycles. The number of ether oxygens (including phenoxy) is 3. The van der Waals surface area contributed by atoms with E-state index >= 15 is 0 Å². The average Bonchev–Trinajstić information content (AvgIpc) is 2.51. The van der Waals surface area contributed by atoms with Gasteiger partial charge in [-0.15, -0.1) is 0 Å². The van der Waals surface area contributed by atoms with Gasteiger partial charge in [0.2, 0.25) is 0 Å². The van der Waals surface area contributed by atoms with E-state index in [-0.39, 0.29) is 5.57 Å². The molecule has 6 nitrogen and oxygen atoms in total. The van der Waals surface area contributed by atoms with Gasteiger partial charge in [-0.3, -0.25) is 9.59 Å². The molecule has 0 atom stereocenters. The van der Waals surface area contributed by atoms with Crippen molar-refractivity contribution in [2.75, 3.05) is 21.3 Å². The van der Waals surface area contributed by atoms with Crippen molar-refractivity contribution in [3.63, 3.8) is 0 Å². The Kier molecular flexibility index (Phi) is 6.13. The maximum absolute atomic E-state index is 12.0. The van der Waals surface area contributed by atoms with Crippen LogP contribution in [0.2, 0.25) is 0 Å². The molecule has 0 amide bonds. The molecule has 0 saturated carbocycles. The van der Waals surface area contributed by atoms with Crippen molar-refractivity contribution in [1.82, 2.24) is 0 Å². The molecular weight excluding hydrogens is 276 g/mol. The van der Waals surface area contributed by atoms with E-state index in [0.29, 0.717) is 11.3 Å². The number of carbonyl (C=O) groups is 3. The van der Waals surface area contributed by atoms with Crippen molar-refractivity contribution in [3.8, 4) is 5.75 Å². The second-order valence-corrected chi connectivity index (χ2v) is 4.00. The third-order valence-corrected chi connectivity index (χ3v) is 2.64. The molecule has 1 rings (SSSR count). The minimum absolute atomic E-state index is 0.226. The maximum atomic E-state index is 12.0. The Balaban J connectivity index is 3.11. The Labute approximate surface area is 122 Å². The summed E-state index contributed by atoms with van der Waals surface area (Å²) in [5.41, 5.74) is 0.351. The van der Waals surface area contributed by atoms with Gasteiger partial charge in [-0.05, 0) is 23.8 Å². The van der Waals surface area contributed by atoms with Crippen LogP contribution < -0.4 is 4.74 Å². The normalized spacial score (nSPS) is 10.7. The van der Waals surface area contributed by atoms with Crippen molar-refractivity contribution in [1.29, 1.82) is 0 Å². The average molecular weight is 292 g/mol. The van der Waals surface area contributed by atoms with E-state index < -0.39 is 24.1 Å². The van der Waals surface area contributed by atoms with Gasteiger partial charge in [0.15, 0.2) is 5.78 Å². The molecule has 6 heteroatoms. The van der Waals surface area contributed by atoms with E-state index in [1.54, 1.807) is 24.3 Å². The van der Waals surface area contributed by atoms with Gasteiger partial charge in [0.05, 0.1) is 21.3 Å². The number of carbonyl (C=O) groups excluding carboxylic acids is 3. The predicted molar refractivity (Wildman–Crippen MR) is 74.6 cm³/mol. The smallest absolute Gasteiger partial charge is 0.341 e. The van der Waals surface area contributed by atoms with Gasteiger partial charge >= 0.3 is 11.9 Å². The standard InChI is InChI=1S/C15H16O6/c1-19-11-6-4-5-10(7-11)8-12(15(18)21-3)13(16)9-14(17)20-2/h4-8H,9H2,1-3H3. The van der Waals surface area contributed by atoms with Gasteiger partial charge in [0.1, 0.15) is 17.7 Å². The van der Waals surface area contributed by atoms with Crippen molar-refractivity contribution >= 4 is 23.8 Å². The summed E-state index contributed by atoms with van der Waals surface area (Å²) < 4.78 is 14.0. The molecule has 0 bridgehead atoms. The summed E-state index contributed by atoms with van der Waals surface area (Å²) in [6.07, 6.45) is 0.820. The SMILES string of the molecule is COC(=O)CC(=O)C(=Cc1cccc(OC)c1)C(=O)OC. The van der Waals surface area contributed by atoms with Gasteiger partial charge in [0.25, 0.3) is 0 Å². The third kappa shape index (κ3) is 4.76. The number of benzene rings is 1. The summed E-state index contributed by atoms with van der Waals surface area (Å²) in [5, 5.41) is 0. The second-order valence-electron chi connectivity index (χ2n) is 4.00. The van der Waals surface area contributed by atoms with Gasteiger partial charge in [-0.1, -0.05) is 12.1 Å². The number of Topliss-reactive ketones (excluding diaryl/α,β-unsaturated/α-hetero) is 1. The number of methoxy groups -OCH3 is 3. The second kappa shape index (κ2) is 7.84. The highest BCUT2D eigenvalue weighted by molar-refractivity contribution is 6.23. The first kappa shape index (κ1) is 16.4. The Hall–Kier alpha value is -2.63. The highest BCUT2D eigenvalue weighted by atomic mass is 16.5. The first-order chi connectivity index (χ1) is 10.0. The number of hydrogen-bond acceptors (Lipinski definition) is 6. The van der Waals surface area contributed by atoms with E-state index in [4.69, 9.17) is 4.74 Å². The van der Waals surface area contributed by atoms with Crippen molar-refractivity contribution < 1.29 is 28.6 Å². The van der Waals surface area contributed by atoms with Crippen LogP contribution in [0, 0.1) is 0 Å². The predicted octanol–water partition coefficient (Wildman–Crippen LogP) is 1.38. The summed E-state index contributed by atoms with van der Waals surface area (Å²) in [6.45, 7) is 0. The largest absolute Gasteiger partial charge is 0.497 e. The van der Waals surface area contributed by atoms with Crippen molar-refractivity contribution in [2.24, 2.45) is 0 Å². The van der Waals surface area contributed by atoms with E-state index in [0.717, 1.165) is 7.11 Å². The van der Waals surface area contributed by atoms with Crippen LogP contribution in [0.5, 0.6) is 5.75 Å². The summed E-state index contributed by atoms with van der Waals surface area (Å²) >= 11 is 0. The fourth-order valence-electron chi connectivity index (χ4n) is 1.56. The summed E-state index contributed by atoms with van der Waals surface area (Å²) in [6, 6.07) is 6.78. The lowest BCUT2D eigenvalue weighted by atomic mass is 10.0. The zero-order valence-corrected chi connectivity index (χ0v) is 12.0. The molecule has 1 aromatic rings. The van der Waals surface area contributed by atoms with E-state index in [9.17, 15) is 14.4 Å². The van der Waals surface area contributed by atoms with Crippen LogP contribution in [0.1, 0.15) is 12.0 Å². The molecule has 0 spiro atoms. The first-order valence-electron chi connectivity index (χ1n) is 6.06. The number of esters is 2. The Morgan fingerprint density at radius 1 is 1.10 bits per heavy atom. The fraction of sp³-hybridized carbons (Fsp3) is 0.267. The van der Waals surface area contributed by atoms with Crippen LogP contribution in [-0.2, 0) is 23.9 Å². The highest BCUT2D eigenvalue weighted by Crippen LogP contribution is 2.17. The van der Waals surface area contributed by atoms with Crippen LogP contribution in [0.15, 0.2) is 29.8 Å². The number of hydrogen-bond donors (Lipinski definition) is 0. The molecule has 0 aliphatic carbocycles. The quantitative estimate of drug-likeness (QED) is 0.341. The summed E-state index contributed by atoms with van der Waals surface area (Å²) in [5.74, 6) is -1.63. The lowest BCUT2D eigenvalue weighted by molar-refractivity contribution is -0.143. The molecule has 0 fully saturated rings. The first-order valence-corrected chi connectivity index (χ1v) is 6.06. The molecule has 0 heterocycles. The van der Waals surface area contributed by atoms with E-state index in [1.165, 1.54) is 20.3 Å². The van der Waals surface area contributed by atoms with Crippen LogP contribution in [0.3, 0.4) is 0 Å². The van der Waals surface area contributed by atoms with Gasteiger partial charge < -0.3 is 14.2 Å². The highest BCUT2D eigenvalue weighted by Gasteiger charge is 2.22. The molecule has 1 aromatic carbocycles. The van der Waals surface area contributed by atoms with Crippen LogP contribution >= 0.6 is 0 Å². The minimum atomic E-state index is -0.813. The van der Waals surface area contributed by atoms with Crippen molar-refractivity contribution in [3.05, 3.63) is 35.4 Å². The van der Waals surface area contributed by atoms with Crippen LogP contribution in [-0.4, -0.2) is 39.1 Å². The molecule has 112 valence electrons. The molecular formula is C15H16O6. The lowest BCUT2D eigenvalue weighted by Gasteiger charge is -2.05. The molecule has 0 aliphatic heterocycles. The minimum Gasteiger partial charge on any atom is -0.497 e. The van der Waals surface area contributed by atoms with E-state index in [1.807, 2.05) is 0 Å². The lowest BCUT2D eigenvalue weighted by Crippen LogP contribution is -2.18. The van der Waals surface area contributed by atoms with Crippen LogP contribution in [0.25, 0.3) is 6.08 Å². The Bertz CT molecular complexity index is 573. The third-order valence-electron chi connectivity index (χ3n) is 2.64. The molecule has 0 aliphatic rings. The molecule has 0 unspecified atom stereocenters. The topological polar surface area (TPSA) is 78.9 Å².